The summed E-state index contributed by atoms with van der Waals surface area (Å²) < 4.78 is 90.6. The molecule has 0 atom stereocenters. The molecule has 4 aromatic carbocycles. The molecule has 8 heteroatoms. The Labute approximate surface area is 223 Å². The van der Waals surface area contributed by atoms with Gasteiger partial charge in [0.1, 0.15) is 17.4 Å². The summed E-state index contributed by atoms with van der Waals surface area (Å²) in [5.41, 5.74) is 2.49. The van der Waals surface area contributed by atoms with Gasteiger partial charge < -0.3 is 9.47 Å². The van der Waals surface area contributed by atoms with Gasteiger partial charge in [0, 0.05) is 11.5 Å². The number of halogens is 6. The molecular formula is C31H28F6O2. The molecule has 0 aliphatic heterocycles. The maximum Gasteiger partial charge on any atom is 0.422 e. The Bertz CT molecular complexity index is 1430. The smallest absolute Gasteiger partial charge is 0.422 e. The van der Waals surface area contributed by atoms with Crippen molar-refractivity contribution in [2.24, 2.45) is 0 Å². The van der Waals surface area contributed by atoms with E-state index in [-0.39, 0.29) is 18.1 Å². The largest absolute Gasteiger partial charge is 0.494 e. The molecule has 0 bridgehead atoms. The maximum absolute atomic E-state index is 15.2. The fraction of sp³-hybridized carbons (Fsp3) is 0.290. The second-order valence-corrected chi connectivity index (χ2v) is 9.36. The Morgan fingerprint density at radius 3 is 2.05 bits per heavy atom. The van der Waals surface area contributed by atoms with Crippen molar-refractivity contribution in [1.29, 1.82) is 0 Å². The van der Waals surface area contributed by atoms with Crippen LogP contribution in [0, 0.1) is 17.5 Å². The molecule has 0 aliphatic rings. The Kier molecular flexibility index (Phi) is 9.04. The molecule has 0 saturated carbocycles. The minimum atomic E-state index is -4.56. The topological polar surface area (TPSA) is 18.5 Å². The minimum Gasteiger partial charge on any atom is -0.494 e. The predicted molar refractivity (Wildman–Crippen MR) is 139 cm³/mol. The molecule has 206 valence electrons. The Balaban J connectivity index is 1.38. The number of ether oxygens (including phenoxy) is 2. The van der Waals surface area contributed by atoms with Crippen LogP contribution in [-0.2, 0) is 25.7 Å². The fourth-order valence-electron chi connectivity index (χ4n) is 4.31. The first kappa shape index (κ1) is 28.3. The van der Waals surface area contributed by atoms with Gasteiger partial charge in [0.25, 0.3) is 0 Å². The minimum absolute atomic E-state index is 0.281. The number of benzene rings is 4. The summed E-state index contributed by atoms with van der Waals surface area (Å²) >= 11 is 0. The number of fused-ring (bicyclic) bond motifs is 1. The average Bonchev–Trinajstić information content (AvgIpc) is 2.90. The molecule has 4 aromatic rings. The molecule has 0 aromatic heterocycles. The van der Waals surface area contributed by atoms with E-state index >= 15 is 4.39 Å². The van der Waals surface area contributed by atoms with E-state index < -0.39 is 24.3 Å². The third-order valence-corrected chi connectivity index (χ3v) is 6.35. The van der Waals surface area contributed by atoms with Crippen LogP contribution in [0.3, 0.4) is 0 Å². The molecule has 0 radical (unpaired) electrons. The average molecular weight is 547 g/mol. The van der Waals surface area contributed by atoms with Gasteiger partial charge in [-0.15, -0.1) is 0 Å². The van der Waals surface area contributed by atoms with Crippen molar-refractivity contribution in [2.75, 3.05) is 13.2 Å². The molecule has 0 fully saturated rings. The van der Waals surface area contributed by atoms with Crippen molar-refractivity contribution >= 4 is 10.8 Å². The van der Waals surface area contributed by atoms with Crippen LogP contribution in [0.5, 0.6) is 11.5 Å². The summed E-state index contributed by atoms with van der Waals surface area (Å²) in [6, 6.07) is 17.5. The number of hydrogen-bond acceptors (Lipinski definition) is 2. The first-order valence-corrected chi connectivity index (χ1v) is 12.7. The second-order valence-electron chi connectivity index (χ2n) is 9.36. The summed E-state index contributed by atoms with van der Waals surface area (Å²) in [4.78, 5) is 0. The van der Waals surface area contributed by atoms with Crippen LogP contribution >= 0.6 is 0 Å². The zero-order valence-corrected chi connectivity index (χ0v) is 21.4. The first-order valence-electron chi connectivity index (χ1n) is 12.7. The monoisotopic (exact) mass is 546 g/mol. The van der Waals surface area contributed by atoms with E-state index in [1.165, 1.54) is 12.1 Å². The summed E-state index contributed by atoms with van der Waals surface area (Å²) in [6.45, 7) is 0.935. The lowest BCUT2D eigenvalue weighted by Gasteiger charge is -2.11. The summed E-state index contributed by atoms with van der Waals surface area (Å²) in [6.07, 6.45) is -2.07. The second kappa shape index (κ2) is 12.5. The quantitative estimate of drug-likeness (QED) is 0.176. The van der Waals surface area contributed by atoms with E-state index in [0.717, 1.165) is 29.5 Å². The van der Waals surface area contributed by atoms with Gasteiger partial charge in [0.2, 0.25) is 0 Å². The van der Waals surface area contributed by atoms with Crippen LogP contribution in [0.25, 0.3) is 10.8 Å². The third kappa shape index (κ3) is 7.68. The van der Waals surface area contributed by atoms with Crippen molar-refractivity contribution in [3.05, 3.63) is 106 Å². The van der Waals surface area contributed by atoms with Gasteiger partial charge in [-0.1, -0.05) is 49.4 Å². The van der Waals surface area contributed by atoms with E-state index in [9.17, 15) is 22.0 Å². The summed E-state index contributed by atoms with van der Waals surface area (Å²) in [5, 5.41) is 1.16. The van der Waals surface area contributed by atoms with E-state index in [2.05, 4.69) is 4.74 Å². The lowest BCUT2D eigenvalue weighted by molar-refractivity contribution is -0.153. The van der Waals surface area contributed by atoms with Crippen LogP contribution in [-0.4, -0.2) is 19.4 Å². The molecule has 0 spiro atoms. The Hall–Kier alpha value is -3.68. The summed E-state index contributed by atoms with van der Waals surface area (Å²) in [7, 11) is 0. The van der Waals surface area contributed by atoms with Gasteiger partial charge in [-0.05, 0) is 77.9 Å². The van der Waals surface area contributed by atoms with Crippen molar-refractivity contribution in [3.8, 4) is 11.5 Å². The summed E-state index contributed by atoms with van der Waals surface area (Å²) in [5.74, 6) is -1.57. The van der Waals surface area contributed by atoms with Crippen molar-refractivity contribution in [1.82, 2.24) is 0 Å². The molecule has 39 heavy (non-hydrogen) atoms. The van der Waals surface area contributed by atoms with E-state index in [1.807, 2.05) is 25.1 Å². The molecule has 4 rings (SSSR count). The van der Waals surface area contributed by atoms with Gasteiger partial charge >= 0.3 is 6.18 Å². The molecule has 0 N–H and O–H groups in total. The number of hydrogen-bond donors (Lipinski definition) is 0. The van der Waals surface area contributed by atoms with Gasteiger partial charge in [-0.2, -0.15) is 13.2 Å². The van der Waals surface area contributed by atoms with Gasteiger partial charge in [-0.25, -0.2) is 13.2 Å². The standard InChI is InChI=1S/C31H28F6O2/c1-2-15-38-25-12-11-22(27(32)18-25)7-3-20-5-13-26-24(16-20)10-9-23(30(26)34)8-4-21-6-14-29(28(33)17-21)39-19-31(35,36)37/h5-6,9-14,16-18H,2-4,7-8,15,19H2,1H3. The molecular weight excluding hydrogens is 518 g/mol. The lowest BCUT2D eigenvalue weighted by atomic mass is 9.97. The van der Waals surface area contributed by atoms with Gasteiger partial charge in [-0.3, -0.25) is 0 Å². The van der Waals surface area contributed by atoms with E-state index in [0.29, 0.717) is 53.7 Å². The van der Waals surface area contributed by atoms with E-state index in [1.54, 1.807) is 24.3 Å². The third-order valence-electron chi connectivity index (χ3n) is 6.35. The number of rotatable bonds is 11. The molecule has 0 saturated heterocycles. The highest BCUT2D eigenvalue weighted by molar-refractivity contribution is 5.84. The first-order chi connectivity index (χ1) is 18.6. The zero-order chi connectivity index (χ0) is 28.0. The SMILES string of the molecule is CCCOc1ccc(CCc2ccc3c(F)c(CCc4ccc(OCC(F)(F)F)c(F)c4)ccc3c2)c(F)c1. The Morgan fingerprint density at radius 2 is 1.36 bits per heavy atom. The van der Waals surface area contributed by atoms with Gasteiger partial charge in [0.15, 0.2) is 18.2 Å². The lowest BCUT2D eigenvalue weighted by Crippen LogP contribution is -2.19. The van der Waals surface area contributed by atoms with Crippen LogP contribution < -0.4 is 9.47 Å². The zero-order valence-electron chi connectivity index (χ0n) is 21.4. The Morgan fingerprint density at radius 1 is 0.667 bits per heavy atom. The highest BCUT2D eigenvalue weighted by atomic mass is 19.4. The van der Waals surface area contributed by atoms with Crippen molar-refractivity contribution in [2.45, 2.75) is 45.2 Å². The highest BCUT2D eigenvalue weighted by Crippen LogP contribution is 2.26. The highest BCUT2D eigenvalue weighted by Gasteiger charge is 2.29. The van der Waals surface area contributed by atoms with Crippen LogP contribution in [0.1, 0.15) is 35.6 Å². The van der Waals surface area contributed by atoms with Crippen LogP contribution in [0.2, 0.25) is 0 Å². The molecule has 0 amide bonds. The predicted octanol–water partition coefficient (Wildman–Crippen LogP) is 8.56. The number of alkyl halides is 3. The normalized spacial score (nSPS) is 11.7. The molecule has 0 aliphatic carbocycles. The van der Waals surface area contributed by atoms with Crippen LogP contribution in [0.15, 0.2) is 66.7 Å². The van der Waals surface area contributed by atoms with Crippen molar-refractivity contribution in [3.63, 3.8) is 0 Å². The number of aryl methyl sites for hydroxylation is 4. The molecule has 0 unspecified atom stereocenters. The van der Waals surface area contributed by atoms with Gasteiger partial charge in [0.05, 0.1) is 6.61 Å². The van der Waals surface area contributed by atoms with E-state index in [4.69, 9.17) is 4.74 Å². The molecule has 2 nitrogen and oxygen atoms in total. The van der Waals surface area contributed by atoms with Crippen molar-refractivity contribution < 1.29 is 35.8 Å². The maximum atomic E-state index is 15.2. The molecule has 0 heterocycles. The van der Waals surface area contributed by atoms with Crippen LogP contribution in [0.4, 0.5) is 26.3 Å². The fourth-order valence-corrected chi connectivity index (χ4v) is 4.31.